The minimum absolute atomic E-state index is 0.0195. The number of carbonyl (C=O) groups is 2. The Kier molecular flexibility index (Phi) is 3.57. The summed E-state index contributed by atoms with van der Waals surface area (Å²) in [6.07, 6.45) is 1.47. The van der Waals surface area contributed by atoms with Crippen molar-refractivity contribution in [3.63, 3.8) is 0 Å². The highest BCUT2D eigenvalue weighted by atomic mass is 16.2. The topological polar surface area (TPSA) is 37.4 Å². The number of aryl methyl sites for hydroxylation is 1. The molecule has 1 saturated heterocycles. The zero-order valence-corrected chi connectivity index (χ0v) is 10.1. The average Bonchev–Trinajstić information content (AvgIpc) is 2.28. The van der Waals surface area contributed by atoms with Gasteiger partial charge < -0.3 is 4.90 Å². The van der Waals surface area contributed by atoms with Gasteiger partial charge in [0.05, 0.1) is 6.42 Å². The highest BCUT2D eigenvalue weighted by molar-refractivity contribution is 6.00. The van der Waals surface area contributed by atoms with Crippen LogP contribution in [-0.2, 0) is 16.0 Å². The predicted octanol–water partition coefficient (Wildman–Crippen LogP) is 1.73. The number of ketones is 1. The van der Waals surface area contributed by atoms with Crippen LogP contribution < -0.4 is 0 Å². The van der Waals surface area contributed by atoms with Crippen molar-refractivity contribution < 1.29 is 9.59 Å². The molecule has 1 fully saturated rings. The molecule has 0 atom stereocenters. The van der Waals surface area contributed by atoms with Gasteiger partial charge in [0.15, 0.2) is 0 Å². The highest BCUT2D eigenvalue weighted by Gasteiger charge is 2.22. The molecule has 0 radical (unpaired) electrons. The predicted molar refractivity (Wildman–Crippen MR) is 65.7 cm³/mol. The summed E-state index contributed by atoms with van der Waals surface area (Å²) in [4.78, 5) is 24.5. The van der Waals surface area contributed by atoms with E-state index in [0.717, 1.165) is 13.0 Å². The van der Waals surface area contributed by atoms with Crippen LogP contribution in [0.1, 0.15) is 24.0 Å². The lowest BCUT2D eigenvalue weighted by Crippen LogP contribution is -2.40. The highest BCUT2D eigenvalue weighted by Crippen LogP contribution is 2.10. The van der Waals surface area contributed by atoms with Crippen molar-refractivity contribution in [3.8, 4) is 0 Å². The van der Waals surface area contributed by atoms with E-state index in [1.54, 1.807) is 4.90 Å². The molecule has 0 saturated carbocycles. The maximum atomic E-state index is 11.6. The zero-order valence-electron chi connectivity index (χ0n) is 10.1. The number of hydrogen-bond donors (Lipinski definition) is 0. The fourth-order valence-corrected chi connectivity index (χ4v) is 2.12. The van der Waals surface area contributed by atoms with E-state index in [2.05, 4.69) is 25.1 Å². The van der Waals surface area contributed by atoms with Crippen molar-refractivity contribution in [1.29, 1.82) is 0 Å². The monoisotopic (exact) mass is 231 g/mol. The molecule has 17 heavy (non-hydrogen) atoms. The van der Waals surface area contributed by atoms with E-state index >= 15 is 0 Å². The van der Waals surface area contributed by atoms with Gasteiger partial charge in [-0.1, -0.05) is 29.8 Å². The maximum Gasteiger partial charge on any atom is 0.230 e. The van der Waals surface area contributed by atoms with Gasteiger partial charge in [-0.3, -0.25) is 9.59 Å². The van der Waals surface area contributed by atoms with Gasteiger partial charge in [0, 0.05) is 19.5 Å². The molecule has 1 amide bonds. The number of Topliss-reactive ketones (excluding diaryl/α,β-unsaturated/α-hetero) is 1. The lowest BCUT2D eigenvalue weighted by molar-refractivity contribution is -0.139. The van der Waals surface area contributed by atoms with Crippen LogP contribution >= 0.6 is 0 Å². The van der Waals surface area contributed by atoms with E-state index in [9.17, 15) is 9.59 Å². The normalized spacial score (nSPS) is 16.4. The van der Waals surface area contributed by atoms with Crippen molar-refractivity contribution >= 4 is 11.7 Å². The van der Waals surface area contributed by atoms with Crippen molar-refractivity contribution in [2.24, 2.45) is 0 Å². The van der Waals surface area contributed by atoms with E-state index in [-0.39, 0.29) is 18.1 Å². The van der Waals surface area contributed by atoms with Gasteiger partial charge in [-0.15, -0.1) is 0 Å². The molecule has 2 rings (SSSR count). The van der Waals surface area contributed by atoms with Crippen LogP contribution in [0, 0.1) is 6.92 Å². The Balaban J connectivity index is 1.90. The van der Waals surface area contributed by atoms with E-state index in [1.807, 2.05) is 6.07 Å². The van der Waals surface area contributed by atoms with Gasteiger partial charge in [-0.05, 0) is 18.9 Å². The standard InChI is InChI=1S/C14H17NO2/c1-11-3-2-4-12(9-11)5-7-15-8-6-13(16)10-14(15)17/h2-4,9H,5-8,10H2,1H3. The first-order chi connectivity index (χ1) is 8.15. The maximum absolute atomic E-state index is 11.6. The summed E-state index contributed by atoms with van der Waals surface area (Å²) in [5.41, 5.74) is 2.48. The van der Waals surface area contributed by atoms with Crippen LogP contribution in [0.4, 0.5) is 0 Å². The van der Waals surface area contributed by atoms with Crippen LogP contribution in [0.25, 0.3) is 0 Å². The third-order valence-electron chi connectivity index (χ3n) is 3.11. The summed E-state index contributed by atoms with van der Waals surface area (Å²) in [5.74, 6) is 0.0516. The summed E-state index contributed by atoms with van der Waals surface area (Å²) in [5, 5.41) is 0. The lowest BCUT2D eigenvalue weighted by Gasteiger charge is -2.26. The Morgan fingerprint density at radius 1 is 1.29 bits per heavy atom. The summed E-state index contributed by atoms with van der Waals surface area (Å²) >= 11 is 0. The van der Waals surface area contributed by atoms with Crippen molar-refractivity contribution in [1.82, 2.24) is 4.90 Å². The van der Waals surface area contributed by atoms with E-state index in [4.69, 9.17) is 0 Å². The molecule has 1 heterocycles. The molecule has 0 unspecified atom stereocenters. The first-order valence-electron chi connectivity index (χ1n) is 6.00. The van der Waals surface area contributed by atoms with Crippen molar-refractivity contribution in [2.45, 2.75) is 26.2 Å². The molecule has 0 spiro atoms. The van der Waals surface area contributed by atoms with Crippen LogP contribution in [-0.4, -0.2) is 29.7 Å². The van der Waals surface area contributed by atoms with Gasteiger partial charge in [0.1, 0.15) is 5.78 Å². The number of nitrogens with zero attached hydrogens (tertiary/aromatic N) is 1. The van der Waals surface area contributed by atoms with Crippen LogP contribution in [0.2, 0.25) is 0 Å². The molecule has 0 bridgehead atoms. The number of benzene rings is 1. The molecule has 1 aliphatic rings. The van der Waals surface area contributed by atoms with Crippen LogP contribution in [0.5, 0.6) is 0 Å². The summed E-state index contributed by atoms with van der Waals surface area (Å²) in [7, 11) is 0. The van der Waals surface area contributed by atoms with Gasteiger partial charge in [0.2, 0.25) is 5.91 Å². The molecule has 0 aromatic heterocycles. The number of carbonyl (C=O) groups excluding carboxylic acids is 2. The zero-order chi connectivity index (χ0) is 12.3. The van der Waals surface area contributed by atoms with Gasteiger partial charge in [-0.2, -0.15) is 0 Å². The summed E-state index contributed by atoms with van der Waals surface area (Å²) in [6.45, 7) is 3.37. The third kappa shape index (κ3) is 3.16. The average molecular weight is 231 g/mol. The molecule has 0 aliphatic carbocycles. The molecule has 90 valence electrons. The Morgan fingerprint density at radius 3 is 2.82 bits per heavy atom. The Morgan fingerprint density at radius 2 is 2.12 bits per heavy atom. The fourth-order valence-electron chi connectivity index (χ4n) is 2.12. The third-order valence-corrected chi connectivity index (χ3v) is 3.11. The van der Waals surface area contributed by atoms with Crippen LogP contribution in [0.15, 0.2) is 24.3 Å². The summed E-state index contributed by atoms with van der Waals surface area (Å²) in [6, 6.07) is 8.31. The number of amides is 1. The fraction of sp³-hybridized carbons (Fsp3) is 0.429. The molecular formula is C14H17NO2. The molecular weight excluding hydrogens is 214 g/mol. The minimum Gasteiger partial charge on any atom is -0.342 e. The molecule has 3 nitrogen and oxygen atoms in total. The molecule has 0 N–H and O–H groups in total. The second-order valence-electron chi connectivity index (χ2n) is 4.59. The SMILES string of the molecule is Cc1cccc(CCN2CCC(=O)CC2=O)c1. The van der Waals surface area contributed by atoms with Crippen molar-refractivity contribution in [3.05, 3.63) is 35.4 Å². The molecule has 1 aliphatic heterocycles. The number of likely N-dealkylation sites (tertiary alicyclic amines) is 1. The number of hydrogen-bond acceptors (Lipinski definition) is 2. The largest absolute Gasteiger partial charge is 0.342 e. The minimum atomic E-state index is -0.0195. The lowest BCUT2D eigenvalue weighted by atomic mass is 10.1. The van der Waals surface area contributed by atoms with Crippen LogP contribution in [0.3, 0.4) is 0 Å². The van der Waals surface area contributed by atoms with Gasteiger partial charge in [0.25, 0.3) is 0 Å². The molecule has 1 aromatic rings. The smallest absolute Gasteiger partial charge is 0.230 e. The van der Waals surface area contributed by atoms with Gasteiger partial charge >= 0.3 is 0 Å². The Bertz CT molecular complexity index is 440. The molecule has 3 heteroatoms. The van der Waals surface area contributed by atoms with Crippen molar-refractivity contribution in [2.75, 3.05) is 13.1 Å². The van der Waals surface area contributed by atoms with E-state index < -0.39 is 0 Å². The number of rotatable bonds is 3. The summed E-state index contributed by atoms with van der Waals surface area (Å²) < 4.78 is 0. The Labute approximate surface area is 101 Å². The first kappa shape index (κ1) is 11.8. The second-order valence-corrected chi connectivity index (χ2v) is 4.59. The quantitative estimate of drug-likeness (QED) is 0.743. The van der Waals surface area contributed by atoms with Gasteiger partial charge in [-0.25, -0.2) is 0 Å². The number of piperidine rings is 1. The Hall–Kier alpha value is -1.64. The molecule has 1 aromatic carbocycles. The van der Waals surface area contributed by atoms with E-state index in [0.29, 0.717) is 13.0 Å². The second kappa shape index (κ2) is 5.13. The first-order valence-corrected chi connectivity index (χ1v) is 6.00. The van der Waals surface area contributed by atoms with E-state index in [1.165, 1.54) is 11.1 Å².